The highest BCUT2D eigenvalue weighted by Gasteiger charge is 2.38. The van der Waals surface area contributed by atoms with Gasteiger partial charge in [-0.05, 0) is 48.8 Å². The molecule has 1 rings (SSSR count). The van der Waals surface area contributed by atoms with Crippen molar-refractivity contribution < 1.29 is 23.9 Å². The molecule has 134 valence electrons. The van der Waals surface area contributed by atoms with Crippen LogP contribution in [-0.4, -0.2) is 30.4 Å². The van der Waals surface area contributed by atoms with Gasteiger partial charge in [-0.15, -0.1) is 0 Å². The van der Waals surface area contributed by atoms with Crippen molar-refractivity contribution >= 4 is 17.7 Å². The maximum atomic E-state index is 12.4. The van der Waals surface area contributed by atoms with Crippen LogP contribution in [0.5, 0.6) is 0 Å². The van der Waals surface area contributed by atoms with Crippen LogP contribution in [0.2, 0.25) is 0 Å². The molecule has 0 N–H and O–H groups in total. The highest BCUT2D eigenvalue weighted by Crippen LogP contribution is 2.44. The Morgan fingerprint density at radius 1 is 1.17 bits per heavy atom. The highest BCUT2D eigenvalue weighted by atomic mass is 16.5. The van der Waals surface area contributed by atoms with Crippen molar-refractivity contribution in [1.29, 1.82) is 0 Å². The molecule has 5 nitrogen and oxygen atoms in total. The molecule has 2 atom stereocenters. The molecule has 1 aliphatic rings. The Labute approximate surface area is 144 Å². The number of carbonyl (C=O) groups excluding carboxylic acids is 3. The second-order valence-corrected chi connectivity index (χ2v) is 7.11. The Hall–Kier alpha value is -1.91. The van der Waals surface area contributed by atoms with Crippen LogP contribution in [0.15, 0.2) is 23.3 Å². The molecule has 0 aromatic carbocycles. The molecule has 1 saturated carbocycles. The van der Waals surface area contributed by atoms with E-state index in [1.54, 1.807) is 19.1 Å². The van der Waals surface area contributed by atoms with Gasteiger partial charge in [0.15, 0.2) is 5.78 Å². The van der Waals surface area contributed by atoms with Crippen LogP contribution in [-0.2, 0) is 23.9 Å². The maximum absolute atomic E-state index is 12.4. The number of rotatable bonds is 5. The van der Waals surface area contributed by atoms with Gasteiger partial charge in [-0.25, -0.2) is 0 Å². The fourth-order valence-corrected chi connectivity index (χ4v) is 3.26. The van der Waals surface area contributed by atoms with E-state index in [-0.39, 0.29) is 41.8 Å². The number of hydrogen-bond acceptors (Lipinski definition) is 5. The summed E-state index contributed by atoms with van der Waals surface area (Å²) in [6, 6.07) is 0. The minimum atomic E-state index is -0.372. The van der Waals surface area contributed by atoms with Crippen LogP contribution in [0.3, 0.4) is 0 Å². The van der Waals surface area contributed by atoms with Crippen molar-refractivity contribution in [2.45, 2.75) is 60.5 Å². The molecule has 0 radical (unpaired) electrons. The number of ether oxygens (including phenoxy) is 2. The van der Waals surface area contributed by atoms with E-state index in [1.807, 2.05) is 0 Å². The third-order valence-corrected chi connectivity index (χ3v) is 4.35. The fourth-order valence-electron chi connectivity index (χ4n) is 3.26. The smallest absolute Gasteiger partial charge is 0.302 e. The summed E-state index contributed by atoms with van der Waals surface area (Å²) in [7, 11) is 0. The van der Waals surface area contributed by atoms with Gasteiger partial charge in [0.05, 0.1) is 0 Å². The first-order chi connectivity index (χ1) is 11.0. The molecule has 0 heterocycles. The average molecular weight is 336 g/mol. The zero-order chi connectivity index (χ0) is 18.5. The lowest BCUT2D eigenvalue weighted by Gasteiger charge is -2.41. The number of ketones is 1. The summed E-state index contributed by atoms with van der Waals surface area (Å²) < 4.78 is 10.2. The number of hydrogen-bond donors (Lipinski definition) is 0. The van der Waals surface area contributed by atoms with Crippen LogP contribution in [0.25, 0.3) is 0 Å². The third-order valence-electron chi connectivity index (χ3n) is 4.35. The molecule has 5 heteroatoms. The van der Waals surface area contributed by atoms with E-state index in [1.165, 1.54) is 13.8 Å². The van der Waals surface area contributed by atoms with E-state index >= 15 is 0 Å². The van der Waals surface area contributed by atoms with Gasteiger partial charge < -0.3 is 9.47 Å². The molecular formula is C19H28O5. The van der Waals surface area contributed by atoms with Gasteiger partial charge in [-0.1, -0.05) is 26.3 Å². The summed E-state index contributed by atoms with van der Waals surface area (Å²) in [5.41, 5.74) is 1.40. The second kappa shape index (κ2) is 8.27. The average Bonchev–Trinajstić information content (AvgIpc) is 2.40. The Morgan fingerprint density at radius 2 is 1.79 bits per heavy atom. The van der Waals surface area contributed by atoms with Gasteiger partial charge in [-0.3, -0.25) is 14.4 Å². The minimum absolute atomic E-state index is 0.0805. The molecule has 0 amide bonds. The first-order valence-electron chi connectivity index (χ1n) is 8.26. The molecule has 0 aliphatic heterocycles. The zero-order valence-corrected chi connectivity index (χ0v) is 15.5. The van der Waals surface area contributed by atoms with Crippen molar-refractivity contribution in [1.82, 2.24) is 0 Å². The first kappa shape index (κ1) is 20.1. The predicted molar refractivity (Wildman–Crippen MR) is 91.2 cm³/mol. The standard InChI is InChI=1S/C19H28O5/c1-12(7-8-23-14(3)20)18(22)10-17-13(2)9-16(24-15(4)21)11-19(17,5)6/h7,10,13,16H,8-9,11H2,1-6H3/b12-7+,17-10+/t13-,16-/m1/s1. The molecule has 1 fully saturated rings. The summed E-state index contributed by atoms with van der Waals surface area (Å²) in [5.74, 6) is -0.564. The minimum Gasteiger partial charge on any atom is -0.463 e. The second-order valence-electron chi connectivity index (χ2n) is 7.11. The molecule has 0 bridgehead atoms. The monoisotopic (exact) mass is 336 g/mol. The Morgan fingerprint density at radius 3 is 2.29 bits per heavy atom. The lowest BCUT2D eigenvalue weighted by atomic mass is 9.67. The van der Waals surface area contributed by atoms with Gasteiger partial charge in [0.2, 0.25) is 0 Å². The Balaban J connectivity index is 2.87. The fraction of sp³-hybridized carbons (Fsp3) is 0.632. The lowest BCUT2D eigenvalue weighted by molar-refractivity contribution is -0.149. The van der Waals surface area contributed by atoms with Crippen molar-refractivity contribution in [2.75, 3.05) is 6.61 Å². The van der Waals surface area contributed by atoms with Crippen molar-refractivity contribution in [3.63, 3.8) is 0 Å². The number of carbonyl (C=O) groups is 3. The summed E-state index contributed by atoms with van der Waals surface area (Å²) in [5, 5.41) is 0. The van der Waals surface area contributed by atoms with Crippen molar-refractivity contribution in [3.05, 3.63) is 23.3 Å². The zero-order valence-electron chi connectivity index (χ0n) is 15.5. The van der Waals surface area contributed by atoms with E-state index in [2.05, 4.69) is 20.8 Å². The molecule has 24 heavy (non-hydrogen) atoms. The van der Waals surface area contributed by atoms with Gasteiger partial charge in [0, 0.05) is 13.8 Å². The summed E-state index contributed by atoms with van der Waals surface area (Å²) in [6.07, 6.45) is 4.61. The number of esters is 2. The van der Waals surface area contributed by atoms with E-state index in [0.29, 0.717) is 12.0 Å². The van der Waals surface area contributed by atoms with Crippen LogP contribution < -0.4 is 0 Å². The van der Waals surface area contributed by atoms with Crippen molar-refractivity contribution in [3.8, 4) is 0 Å². The predicted octanol–water partition coefficient (Wildman–Crippen LogP) is 3.38. The summed E-state index contributed by atoms with van der Waals surface area (Å²) in [4.78, 5) is 34.4. The normalized spacial score (nSPS) is 25.2. The van der Waals surface area contributed by atoms with E-state index in [0.717, 1.165) is 12.0 Å². The quantitative estimate of drug-likeness (QED) is 0.568. The summed E-state index contributed by atoms with van der Waals surface area (Å²) in [6.45, 7) is 10.7. The van der Waals surface area contributed by atoms with Gasteiger partial charge in [0.1, 0.15) is 12.7 Å². The van der Waals surface area contributed by atoms with Crippen LogP contribution in [0.1, 0.15) is 54.4 Å². The van der Waals surface area contributed by atoms with E-state index in [4.69, 9.17) is 9.47 Å². The van der Waals surface area contributed by atoms with Crippen LogP contribution in [0.4, 0.5) is 0 Å². The lowest BCUT2D eigenvalue weighted by Crippen LogP contribution is -2.36. The summed E-state index contributed by atoms with van der Waals surface area (Å²) >= 11 is 0. The highest BCUT2D eigenvalue weighted by molar-refractivity contribution is 6.04. The van der Waals surface area contributed by atoms with Gasteiger partial charge in [-0.2, -0.15) is 0 Å². The van der Waals surface area contributed by atoms with E-state index < -0.39 is 0 Å². The van der Waals surface area contributed by atoms with Crippen molar-refractivity contribution in [2.24, 2.45) is 11.3 Å². The van der Waals surface area contributed by atoms with E-state index in [9.17, 15) is 14.4 Å². The molecule has 0 unspecified atom stereocenters. The van der Waals surface area contributed by atoms with Crippen LogP contribution in [0, 0.1) is 11.3 Å². The number of allylic oxidation sites excluding steroid dienone is 3. The maximum Gasteiger partial charge on any atom is 0.302 e. The third kappa shape index (κ3) is 5.95. The van der Waals surface area contributed by atoms with Gasteiger partial charge >= 0.3 is 11.9 Å². The Bertz CT molecular complexity index is 568. The molecule has 0 aromatic heterocycles. The topological polar surface area (TPSA) is 69.7 Å². The molecule has 0 aromatic rings. The van der Waals surface area contributed by atoms with Crippen LogP contribution >= 0.6 is 0 Å². The SMILES string of the molecule is CC(=O)OC/C=C(\C)C(=O)/C=C1\[C@H](C)C[C@@H](OC(C)=O)CC1(C)C. The Kier molecular flexibility index (Phi) is 6.93. The molecule has 0 spiro atoms. The first-order valence-corrected chi connectivity index (χ1v) is 8.26. The largest absolute Gasteiger partial charge is 0.463 e. The molecule has 1 aliphatic carbocycles. The molecule has 0 saturated heterocycles. The van der Waals surface area contributed by atoms with Gasteiger partial charge in [0.25, 0.3) is 0 Å². The molecular weight excluding hydrogens is 308 g/mol.